The predicted octanol–water partition coefficient (Wildman–Crippen LogP) is 1.51. The zero-order chi connectivity index (χ0) is 10.4. The number of ether oxygens (including phenoxy) is 1. The monoisotopic (exact) mass is 198 g/mol. The molecule has 0 heterocycles. The largest absolute Gasteiger partial charge is 0.462 e. The van der Waals surface area contributed by atoms with Crippen molar-refractivity contribution in [2.45, 2.75) is 25.7 Å². The first-order valence-corrected chi connectivity index (χ1v) is 5.18. The summed E-state index contributed by atoms with van der Waals surface area (Å²) >= 11 is 0. The smallest absolute Gasteiger partial charge is 0.330 e. The van der Waals surface area contributed by atoms with Crippen LogP contribution in [0.5, 0.6) is 0 Å². The number of carbonyl (C=O) groups excluding carboxylic acids is 1. The molecule has 0 saturated heterocycles. The fraction of sp³-hybridized carbons (Fsp3) is 0.727. The van der Waals surface area contributed by atoms with Gasteiger partial charge in [-0.25, -0.2) is 4.79 Å². The Kier molecular flexibility index (Phi) is 4.66. The Bertz CT molecular complexity index is 201. The van der Waals surface area contributed by atoms with Crippen LogP contribution in [0.15, 0.2) is 12.7 Å². The summed E-state index contributed by atoms with van der Waals surface area (Å²) in [5.41, 5.74) is 0. The molecule has 1 fully saturated rings. The first-order chi connectivity index (χ1) is 6.77. The predicted molar refractivity (Wildman–Crippen MR) is 53.7 cm³/mol. The zero-order valence-corrected chi connectivity index (χ0v) is 8.45. The second-order valence-electron chi connectivity index (χ2n) is 3.82. The standard InChI is InChI=1S/C11H18O3/c1-2-11(13)14-8-10-6-4-3-5-9(10)7-12/h2,9-10,12H,1,3-8H2. The van der Waals surface area contributed by atoms with Crippen LogP contribution in [0.1, 0.15) is 25.7 Å². The molecule has 0 aromatic carbocycles. The molecule has 0 bridgehead atoms. The Labute approximate surface area is 84.8 Å². The molecule has 1 aliphatic rings. The van der Waals surface area contributed by atoms with Gasteiger partial charge in [-0.15, -0.1) is 0 Å². The van der Waals surface area contributed by atoms with Gasteiger partial charge in [0.1, 0.15) is 0 Å². The lowest BCUT2D eigenvalue weighted by Crippen LogP contribution is -2.27. The first kappa shape index (κ1) is 11.2. The summed E-state index contributed by atoms with van der Waals surface area (Å²) in [6.45, 7) is 3.97. The van der Waals surface area contributed by atoms with Gasteiger partial charge in [0.15, 0.2) is 0 Å². The van der Waals surface area contributed by atoms with Gasteiger partial charge in [0, 0.05) is 12.7 Å². The third-order valence-electron chi connectivity index (χ3n) is 2.91. The second kappa shape index (κ2) is 5.81. The molecule has 0 aliphatic heterocycles. The molecule has 0 aromatic rings. The van der Waals surface area contributed by atoms with Crippen LogP contribution in [0.3, 0.4) is 0 Å². The van der Waals surface area contributed by atoms with Crippen LogP contribution >= 0.6 is 0 Å². The summed E-state index contributed by atoms with van der Waals surface area (Å²) in [4.78, 5) is 10.8. The van der Waals surface area contributed by atoms with E-state index in [4.69, 9.17) is 9.84 Å². The third kappa shape index (κ3) is 3.14. The van der Waals surface area contributed by atoms with E-state index in [1.165, 1.54) is 18.9 Å². The Balaban J connectivity index is 2.33. The maximum atomic E-state index is 10.8. The fourth-order valence-corrected chi connectivity index (χ4v) is 1.99. The normalized spacial score (nSPS) is 26.9. The molecule has 0 spiro atoms. The van der Waals surface area contributed by atoms with Crippen molar-refractivity contribution in [1.82, 2.24) is 0 Å². The minimum atomic E-state index is -0.368. The van der Waals surface area contributed by atoms with Gasteiger partial charge in [0.05, 0.1) is 6.61 Å². The van der Waals surface area contributed by atoms with Crippen molar-refractivity contribution in [3.63, 3.8) is 0 Å². The van der Waals surface area contributed by atoms with E-state index in [1.807, 2.05) is 0 Å². The summed E-state index contributed by atoms with van der Waals surface area (Å²) < 4.78 is 4.99. The highest BCUT2D eigenvalue weighted by atomic mass is 16.5. The van der Waals surface area contributed by atoms with Crippen molar-refractivity contribution in [2.24, 2.45) is 11.8 Å². The highest BCUT2D eigenvalue weighted by Crippen LogP contribution is 2.29. The second-order valence-corrected chi connectivity index (χ2v) is 3.82. The fourth-order valence-electron chi connectivity index (χ4n) is 1.99. The molecule has 14 heavy (non-hydrogen) atoms. The Hall–Kier alpha value is -0.830. The number of esters is 1. The zero-order valence-electron chi connectivity index (χ0n) is 8.45. The minimum absolute atomic E-state index is 0.205. The highest BCUT2D eigenvalue weighted by molar-refractivity contribution is 5.81. The lowest BCUT2D eigenvalue weighted by atomic mass is 9.80. The average Bonchev–Trinajstić information content (AvgIpc) is 2.26. The van der Waals surface area contributed by atoms with Gasteiger partial charge in [0.25, 0.3) is 0 Å². The lowest BCUT2D eigenvalue weighted by Gasteiger charge is -2.29. The van der Waals surface area contributed by atoms with Crippen LogP contribution in [0.2, 0.25) is 0 Å². The summed E-state index contributed by atoms with van der Waals surface area (Å²) in [6, 6.07) is 0. The van der Waals surface area contributed by atoms with Crippen LogP contribution in [0.4, 0.5) is 0 Å². The topological polar surface area (TPSA) is 46.5 Å². The van der Waals surface area contributed by atoms with E-state index in [1.54, 1.807) is 0 Å². The van der Waals surface area contributed by atoms with Crippen LogP contribution in [-0.2, 0) is 9.53 Å². The molecule has 3 heteroatoms. The van der Waals surface area contributed by atoms with Crippen LogP contribution < -0.4 is 0 Å². The number of rotatable bonds is 4. The van der Waals surface area contributed by atoms with E-state index in [0.29, 0.717) is 18.4 Å². The van der Waals surface area contributed by atoms with E-state index in [0.717, 1.165) is 12.8 Å². The number of hydrogen-bond acceptors (Lipinski definition) is 3. The number of aliphatic hydroxyl groups is 1. The first-order valence-electron chi connectivity index (χ1n) is 5.18. The van der Waals surface area contributed by atoms with E-state index in [-0.39, 0.29) is 12.6 Å². The third-order valence-corrected chi connectivity index (χ3v) is 2.91. The van der Waals surface area contributed by atoms with E-state index >= 15 is 0 Å². The number of carbonyl (C=O) groups is 1. The van der Waals surface area contributed by atoms with Crippen molar-refractivity contribution >= 4 is 5.97 Å². The number of hydrogen-bond donors (Lipinski definition) is 1. The maximum Gasteiger partial charge on any atom is 0.330 e. The highest BCUT2D eigenvalue weighted by Gasteiger charge is 2.25. The Morgan fingerprint density at radius 3 is 2.64 bits per heavy atom. The molecule has 80 valence electrons. The maximum absolute atomic E-state index is 10.8. The molecule has 1 rings (SSSR count). The van der Waals surface area contributed by atoms with E-state index < -0.39 is 0 Å². The van der Waals surface area contributed by atoms with Crippen molar-refractivity contribution in [3.05, 3.63) is 12.7 Å². The molecule has 2 atom stereocenters. The van der Waals surface area contributed by atoms with Gasteiger partial charge in [-0.1, -0.05) is 19.4 Å². The molecule has 3 nitrogen and oxygen atoms in total. The van der Waals surface area contributed by atoms with Gasteiger partial charge in [-0.3, -0.25) is 0 Å². The molecule has 0 radical (unpaired) electrons. The molecule has 2 unspecified atom stereocenters. The van der Waals surface area contributed by atoms with Crippen molar-refractivity contribution in [1.29, 1.82) is 0 Å². The molecule has 0 amide bonds. The van der Waals surface area contributed by atoms with Gasteiger partial charge in [0.2, 0.25) is 0 Å². The SMILES string of the molecule is C=CC(=O)OCC1CCCCC1CO. The summed E-state index contributed by atoms with van der Waals surface area (Å²) in [7, 11) is 0. The van der Waals surface area contributed by atoms with Crippen molar-refractivity contribution in [3.8, 4) is 0 Å². The van der Waals surface area contributed by atoms with Crippen LogP contribution in [-0.4, -0.2) is 24.3 Å². The summed E-state index contributed by atoms with van der Waals surface area (Å²) in [6.07, 6.45) is 5.63. The van der Waals surface area contributed by atoms with E-state index in [9.17, 15) is 4.79 Å². The average molecular weight is 198 g/mol. The molecule has 1 aliphatic carbocycles. The summed E-state index contributed by atoms with van der Waals surface area (Å²) in [5, 5.41) is 9.12. The molecular weight excluding hydrogens is 180 g/mol. The minimum Gasteiger partial charge on any atom is -0.462 e. The van der Waals surface area contributed by atoms with Crippen molar-refractivity contribution in [2.75, 3.05) is 13.2 Å². The van der Waals surface area contributed by atoms with Gasteiger partial charge in [-0.05, 0) is 24.7 Å². The van der Waals surface area contributed by atoms with E-state index in [2.05, 4.69) is 6.58 Å². The Morgan fingerprint density at radius 2 is 2.07 bits per heavy atom. The molecular formula is C11H18O3. The molecule has 1 saturated carbocycles. The summed E-state index contributed by atoms with van der Waals surface area (Å²) in [5.74, 6) is 0.270. The Morgan fingerprint density at radius 1 is 1.43 bits per heavy atom. The molecule has 0 aromatic heterocycles. The van der Waals surface area contributed by atoms with Gasteiger partial charge < -0.3 is 9.84 Å². The van der Waals surface area contributed by atoms with Gasteiger partial charge >= 0.3 is 5.97 Å². The molecule has 1 N–H and O–H groups in total. The van der Waals surface area contributed by atoms with Gasteiger partial charge in [-0.2, -0.15) is 0 Å². The number of aliphatic hydroxyl groups excluding tert-OH is 1. The lowest BCUT2D eigenvalue weighted by molar-refractivity contribution is -0.140. The van der Waals surface area contributed by atoms with Crippen molar-refractivity contribution < 1.29 is 14.6 Å². The quantitative estimate of drug-likeness (QED) is 0.550. The van der Waals surface area contributed by atoms with Crippen LogP contribution in [0.25, 0.3) is 0 Å². The van der Waals surface area contributed by atoms with Crippen LogP contribution in [0, 0.1) is 11.8 Å².